The van der Waals surface area contributed by atoms with Crippen molar-refractivity contribution < 1.29 is 0 Å². The summed E-state index contributed by atoms with van der Waals surface area (Å²) >= 11 is 3.55. The molecule has 0 saturated heterocycles. The molecular formula is C18H21BrN2. The smallest absolute Gasteiger partial charge is 0.0503 e. The Bertz CT molecular complexity index is 652. The maximum Gasteiger partial charge on any atom is 0.0503 e. The maximum absolute atomic E-state index is 5.82. The van der Waals surface area contributed by atoms with Gasteiger partial charge in [-0.25, -0.2) is 0 Å². The van der Waals surface area contributed by atoms with E-state index in [1.54, 1.807) is 0 Å². The van der Waals surface area contributed by atoms with Gasteiger partial charge in [0.1, 0.15) is 0 Å². The van der Waals surface area contributed by atoms with E-state index >= 15 is 0 Å². The van der Waals surface area contributed by atoms with Gasteiger partial charge in [-0.05, 0) is 72.6 Å². The average Bonchev–Trinajstić information content (AvgIpc) is 2.95. The molecule has 3 rings (SSSR count). The number of halogens is 1. The lowest BCUT2D eigenvalue weighted by atomic mass is 9.94. The zero-order valence-corrected chi connectivity index (χ0v) is 13.9. The number of hydrogen-bond donors (Lipinski definition) is 2. The summed E-state index contributed by atoms with van der Waals surface area (Å²) in [5.41, 5.74) is 9.91. The fraction of sp³-hybridized carbons (Fsp3) is 0.333. The Balaban J connectivity index is 1.86. The van der Waals surface area contributed by atoms with Gasteiger partial charge in [-0.2, -0.15) is 0 Å². The standard InChI is InChI=1S/C18H21BrN2/c1-12-5-8-16(19)11-17(12)18(21-20)10-13-6-7-14-3-2-4-15(14)9-13/h5-9,11,18,21H,2-4,10,20H2,1H3. The van der Waals surface area contributed by atoms with Gasteiger partial charge < -0.3 is 0 Å². The predicted octanol–water partition coefficient (Wildman–Crippen LogP) is 3.99. The van der Waals surface area contributed by atoms with E-state index in [0.717, 1.165) is 10.9 Å². The minimum absolute atomic E-state index is 0.141. The van der Waals surface area contributed by atoms with E-state index < -0.39 is 0 Å². The van der Waals surface area contributed by atoms with Crippen molar-refractivity contribution in [1.82, 2.24) is 5.43 Å². The van der Waals surface area contributed by atoms with Crippen molar-refractivity contribution in [3.8, 4) is 0 Å². The first-order chi connectivity index (χ1) is 10.2. The van der Waals surface area contributed by atoms with E-state index in [9.17, 15) is 0 Å². The molecule has 2 nitrogen and oxygen atoms in total. The van der Waals surface area contributed by atoms with Crippen LogP contribution in [0.4, 0.5) is 0 Å². The molecule has 0 aromatic heterocycles. The zero-order chi connectivity index (χ0) is 14.8. The quantitative estimate of drug-likeness (QED) is 0.649. The third-order valence-electron chi connectivity index (χ3n) is 4.42. The van der Waals surface area contributed by atoms with Crippen LogP contribution in [0.25, 0.3) is 0 Å². The molecule has 0 fully saturated rings. The van der Waals surface area contributed by atoms with Crippen molar-refractivity contribution in [2.45, 2.75) is 38.6 Å². The van der Waals surface area contributed by atoms with Crippen LogP contribution in [-0.4, -0.2) is 0 Å². The van der Waals surface area contributed by atoms with Gasteiger partial charge in [-0.1, -0.05) is 40.2 Å². The van der Waals surface area contributed by atoms with Crippen LogP contribution >= 0.6 is 15.9 Å². The Hall–Kier alpha value is -1.16. The molecule has 1 aliphatic rings. The number of hydrogen-bond acceptors (Lipinski definition) is 2. The zero-order valence-electron chi connectivity index (χ0n) is 12.3. The van der Waals surface area contributed by atoms with Crippen LogP contribution in [0.5, 0.6) is 0 Å². The fourth-order valence-corrected chi connectivity index (χ4v) is 3.61. The van der Waals surface area contributed by atoms with E-state index in [2.05, 4.69) is 64.7 Å². The molecule has 0 aliphatic heterocycles. The summed E-state index contributed by atoms with van der Waals surface area (Å²) < 4.78 is 1.09. The number of rotatable bonds is 4. The SMILES string of the molecule is Cc1ccc(Br)cc1C(Cc1ccc2c(c1)CCC2)NN. The van der Waals surface area contributed by atoms with Crippen LogP contribution < -0.4 is 11.3 Å². The molecule has 2 aromatic carbocycles. The molecule has 0 spiro atoms. The van der Waals surface area contributed by atoms with Crippen LogP contribution in [0, 0.1) is 6.92 Å². The molecule has 0 bridgehead atoms. The number of nitrogens with one attached hydrogen (secondary N) is 1. The fourth-order valence-electron chi connectivity index (χ4n) is 3.23. The van der Waals surface area contributed by atoms with E-state index in [-0.39, 0.29) is 6.04 Å². The summed E-state index contributed by atoms with van der Waals surface area (Å²) in [4.78, 5) is 0. The first-order valence-electron chi connectivity index (χ1n) is 7.50. The third kappa shape index (κ3) is 3.20. The summed E-state index contributed by atoms with van der Waals surface area (Å²) in [5.74, 6) is 5.82. The highest BCUT2D eigenvalue weighted by Crippen LogP contribution is 2.27. The molecule has 1 aliphatic carbocycles. The topological polar surface area (TPSA) is 38.0 Å². The highest BCUT2D eigenvalue weighted by molar-refractivity contribution is 9.10. The molecule has 110 valence electrons. The first-order valence-corrected chi connectivity index (χ1v) is 8.29. The van der Waals surface area contributed by atoms with Crippen LogP contribution in [0.3, 0.4) is 0 Å². The lowest BCUT2D eigenvalue weighted by Crippen LogP contribution is -2.30. The molecule has 0 radical (unpaired) electrons. The van der Waals surface area contributed by atoms with Crippen molar-refractivity contribution in [2.75, 3.05) is 0 Å². The highest BCUT2D eigenvalue weighted by atomic mass is 79.9. The predicted molar refractivity (Wildman–Crippen MR) is 91.1 cm³/mol. The molecule has 0 amide bonds. The van der Waals surface area contributed by atoms with Crippen molar-refractivity contribution >= 4 is 15.9 Å². The van der Waals surface area contributed by atoms with Gasteiger partial charge in [0.25, 0.3) is 0 Å². The van der Waals surface area contributed by atoms with Crippen LogP contribution in [0.1, 0.15) is 40.3 Å². The van der Waals surface area contributed by atoms with E-state index in [4.69, 9.17) is 5.84 Å². The Kier molecular flexibility index (Phi) is 4.43. The monoisotopic (exact) mass is 344 g/mol. The summed E-state index contributed by atoms with van der Waals surface area (Å²) in [7, 11) is 0. The number of aryl methyl sites for hydroxylation is 3. The molecule has 3 N–H and O–H groups in total. The van der Waals surface area contributed by atoms with Gasteiger partial charge in [0.15, 0.2) is 0 Å². The van der Waals surface area contributed by atoms with Gasteiger partial charge in [-0.15, -0.1) is 0 Å². The minimum Gasteiger partial charge on any atom is -0.271 e. The lowest BCUT2D eigenvalue weighted by molar-refractivity contribution is 0.549. The largest absolute Gasteiger partial charge is 0.271 e. The molecular weight excluding hydrogens is 324 g/mol. The number of benzene rings is 2. The molecule has 0 saturated carbocycles. The molecule has 3 heteroatoms. The second-order valence-electron chi connectivity index (χ2n) is 5.88. The number of hydrazine groups is 1. The lowest BCUT2D eigenvalue weighted by Gasteiger charge is -2.19. The maximum atomic E-state index is 5.82. The van der Waals surface area contributed by atoms with Crippen molar-refractivity contribution in [1.29, 1.82) is 0 Å². The average molecular weight is 345 g/mol. The van der Waals surface area contributed by atoms with Gasteiger partial charge in [0.05, 0.1) is 6.04 Å². The minimum atomic E-state index is 0.141. The van der Waals surface area contributed by atoms with Gasteiger partial charge in [-0.3, -0.25) is 11.3 Å². The summed E-state index contributed by atoms with van der Waals surface area (Å²) in [6.07, 6.45) is 4.67. The second-order valence-corrected chi connectivity index (χ2v) is 6.80. The van der Waals surface area contributed by atoms with Gasteiger partial charge >= 0.3 is 0 Å². The van der Waals surface area contributed by atoms with Gasteiger partial charge in [0.2, 0.25) is 0 Å². The summed E-state index contributed by atoms with van der Waals surface area (Å²) in [5, 5.41) is 0. The molecule has 2 aromatic rings. The summed E-state index contributed by atoms with van der Waals surface area (Å²) in [6, 6.07) is 13.4. The van der Waals surface area contributed by atoms with Crippen molar-refractivity contribution in [3.63, 3.8) is 0 Å². The molecule has 21 heavy (non-hydrogen) atoms. The normalized spacial score (nSPS) is 15.0. The molecule has 0 heterocycles. The second kappa shape index (κ2) is 6.30. The van der Waals surface area contributed by atoms with E-state index in [1.165, 1.54) is 47.1 Å². The Morgan fingerprint density at radius 3 is 2.76 bits per heavy atom. The van der Waals surface area contributed by atoms with E-state index in [0.29, 0.717) is 0 Å². The van der Waals surface area contributed by atoms with Crippen LogP contribution in [0.2, 0.25) is 0 Å². The molecule has 1 unspecified atom stereocenters. The number of nitrogens with two attached hydrogens (primary N) is 1. The van der Waals surface area contributed by atoms with Crippen LogP contribution in [0.15, 0.2) is 40.9 Å². The van der Waals surface area contributed by atoms with Crippen molar-refractivity contribution in [2.24, 2.45) is 5.84 Å². The Labute approximate surface area is 134 Å². The first kappa shape index (κ1) is 14.8. The highest BCUT2D eigenvalue weighted by Gasteiger charge is 2.16. The number of fused-ring (bicyclic) bond motifs is 1. The van der Waals surface area contributed by atoms with Crippen molar-refractivity contribution in [3.05, 3.63) is 68.7 Å². The van der Waals surface area contributed by atoms with Crippen LogP contribution in [-0.2, 0) is 19.3 Å². The Morgan fingerprint density at radius 1 is 1.14 bits per heavy atom. The Morgan fingerprint density at radius 2 is 1.95 bits per heavy atom. The van der Waals surface area contributed by atoms with Gasteiger partial charge in [0, 0.05) is 4.47 Å². The van der Waals surface area contributed by atoms with E-state index in [1.807, 2.05) is 0 Å². The third-order valence-corrected chi connectivity index (χ3v) is 4.91. The summed E-state index contributed by atoms with van der Waals surface area (Å²) in [6.45, 7) is 2.13. The molecule has 1 atom stereocenters.